The summed E-state index contributed by atoms with van der Waals surface area (Å²) in [5.74, 6) is -0.401. The number of carbonyl (C=O) groups excluding carboxylic acids is 1. The highest BCUT2D eigenvalue weighted by molar-refractivity contribution is 7.94. The molecule has 0 unspecified atom stereocenters. The lowest BCUT2D eigenvalue weighted by Crippen LogP contribution is -2.00. The first-order chi connectivity index (χ1) is 10.3. The van der Waals surface area contributed by atoms with Crippen LogP contribution in [-0.4, -0.2) is 14.2 Å². The molecule has 0 N–H and O–H groups in total. The molecule has 0 atom stereocenters. The van der Waals surface area contributed by atoms with Crippen molar-refractivity contribution >= 4 is 38.8 Å². The topological polar surface area (TPSA) is 51.2 Å². The van der Waals surface area contributed by atoms with Gasteiger partial charge in [-0.05, 0) is 31.2 Å². The highest BCUT2D eigenvalue weighted by atomic mass is 35.5. The van der Waals surface area contributed by atoms with Crippen LogP contribution in [-0.2, 0) is 9.84 Å². The third kappa shape index (κ3) is 3.97. The average molecular weight is 355 g/mol. The fourth-order valence-electron chi connectivity index (χ4n) is 1.73. The summed E-state index contributed by atoms with van der Waals surface area (Å²) in [6.45, 7) is 1.90. The highest BCUT2D eigenvalue weighted by Gasteiger charge is 2.16. The molecule has 0 aromatic heterocycles. The Morgan fingerprint density at radius 2 is 1.68 bits per heavy atom. The van der Waals surface area contributed by atoms with Crippen molar-refractivity contribution in [2.24, 2.45) is 0 Å². The van der Waals surface area contributed by atoms with E-state index in [-0.39, 0.29) is 14.9 Å². The van der Waals surface area contributed by atoms with E-state index in [9.17, 15) is 13.2 Å². The highest BCUT2D eigenvalue weighted by Crippen LogP contribution is 2.26. The number of hydrogen-bond acceptors (Lipinski definition) is 3. The van der Waals surface area contributed by atoms with Crippen LogP contribution in [0.25, 0.3) is 0 Å². The minimum atomic E-state index is -3.84. The smallest absolute Gasteiger partial charge is 0.201 e. The molecule has 3 nitrogen and oxygen atoms in total. The lowest BCUT2D eigenvalue weighted by Gasteiger charge is -2.03. The molecule has 114 valence electrons. The van der Waals surface area contributed by atoms with E-state index in [2.05, 4.69) is 0 Å². The van der Waals surface area contributed by atoms with Crippen LogP contribution >= 0.6 is 23.2 Å². The lowest BCUT2D eigenvalue weighted by atomic mass is 10.1. The van der Waals surface area contributed by atoms with Crippen molar-refractivity contribution < 1.29 is 13.2 Å². The van der Waals surface area contributed by atoms with Crippen molar-refractivity contribution in [3.05, 3.63) is 75.1 Å². The fourth-order valence-corrected chi connectivity index (χ4v) is 3.49. The monoisotopic (exact) mass is 354 g/mol. The number of halogens is 2. The molecule has 2 aromatic carbocycles. The average Bonchev–Trinajstić information content (AvgIpc) is 2.48. The van der Waals surface area contributed by atoms with Gasteiger partial charge in [0, 0.05) is 16.0 Å². The second kappa shape index (κ2) is 6.65. The van der Waals surface area contributed by atoms with Crippen LogP contribution in [0.2, 0.25) is 10.0 Å². The normalized spacial score (nSPS) is 11.8. The number of rotatable bonds is 4. The maximum atomic E-state index is 12.2. The number of sulfone groups is 1. The number of allylic oxidation sites excluding steroid dienone is 1. The molecule has 0 saturated carbocycles. The summed E-state index contributed by atoms with van der Waals surface area (Å²) >= 11 is 11.7. The molecule has 0 radical (unpaired) electrons. The molecule has 0 aliphatic heterocycles. The number of hydrogen-bond donors (Lipinski definition) is 0. The van der Waals surface area contributed by atoms with E-state index >= 15 is 0 Å². The third-order valence-electron chi connectivity index (χ3n) is 2.93. The van der Waals surface area contributed by atoms with E-state index in [4.69, 9.17) is 23.2 Å². The standard InChI is InChI=1S/C16H12Cl2O3S/c1-11-2-4-12(5-3-11)15(19)8-9-22(20,21)16-10-13(17)6-7-14(16)18/h2-10H,1H3. The minimum absolute atomic E-state index is 0.0526. The van der Waals surface area contributed by atoms with Gasteiger partial charge in [-0.1, -0.05) is 53.0 Å². The summed E-state index contributed by atoms with van der Waals surface area (Å²) in [4.78, 5) is 11.8. The molecule has 6 heteroatoms. The summed E-state index contributed by atoms with van der Waals surface area (Å²) < 4.78 is 24.4. The molecule has 0 saturated heterocycles. The van der Waals surface area contributed by atoms with Crippen molar-refractivity contribution in [2.45, 2.75) is 11.8 Å². The zero-order valence-corrected chi connectivity index (χ0v) is 13.9. The van der Waals surface area contributed by atoms with Crippen LogP contribution in [0.15, 0.2) is 58.8 Å². The van der Waals surface area contributed by atoms with E-state index in [0.29, 0.717) is 5.56 Å². The predicted octanol–water partition coefficient (Wildman–Crippen LogP) is 4.47. The molecule has 22 heavy (non-hydrogen) atoms. The molecule has 0 spiro atoms. The molecule has 0 amide bonds. The Hall–Kier alpha value is -1.62. The van der Waals surface area contributed by atoms with Crippen molar-refractivity contribution in [1.82, 2.24) is 0 Å². The van der Waals surface area contributed by atoms with Gasteiger partial charge < -0.3 is 0 Å². The molecule has 2 rings (SSSR count). The number of aryl methyl sites for hydroxylation is 1. The molecule has 0 fully saturated rings. The summed E-state index contributed by atoms with van der Waals surface area (Å²) in [5, 5.41) is 1.14. The van der Waals surface area contributed by atoms with Crippen LogP contribution in [0.3, 0.4) is 0 Å². The number of carbonyl (C=O) groups is 1. The minimum Gasteiger partial charge on any atom is -0.289 e. The molecular weight excluding hydrogens is 343 g/mol. The van der Waals surface area contributed by atoms with E-state index in [1.807, 2.05) is 6.92 Å². The quantitative estimate of drug-likeness (QED) is 0.601. The van der Waals surface area contributed by atoms with Crippen LogP contribution in [0.4, 0.5) is 0 Å². The molecular formula is C16H12Cl2O3S. The fraction of sp³-hybridized carbons (Fsp3) is 0.0625. The van der Waals surface area contributed by atoms with Gasteiger partial charge in [0.1, 0.15) is 0 Å². The van der Waals surface area contributed by atoms with E-state index in [1.54, 1.807) is 24.3 Å². The van der Waals surface area contributed by atoms with E-state index in [1.165, 1.54) is 18.2 Å². The summed E-state index contributed by atoms with van der Waals surface area (Å²) in [7, 11) is -3.84. The summed E-state index contributed by atoms with van der Waals surface area (Å²) in [5.41, 5.74) is 1.42. The van der Waals surface area contributed by atoms with Crippen LogP contribution in [0, 0.1) is 6.92 Å². The van der Waals surface area contributed by atoms with Gasteiger partial charge in [0.2, 0.25) is 9.84 Å². The van der Waals surface area contributed by atoms with Crippen molar-refractivity contribution in [2.75, 3.05) is 0 Å². The van der Waals surface area contributed by atoms with E-state index < -0.39 is 15.6 Å². The van der Waals surface area contributed by atoms with Gasteiger partial charge in [-0.25, -0.2) is 8.42 Å². The molecule has 2 aromatic rings. The maximum Gasteiger partial charge on any atom is 0.201 e. The Balaban J connectivity index is 2.30. The van der Waals surface area contributed by atoms with Gasteiger partial charge in [0.25, 0.3) is 0 Å². The zero-order chi connectivity index (χ0) is 16.3. The molecule has 0 aliphatic rings. The zero-order valence-electron chi connectivity index (χ0n) is 11.6. The first kappa shape index (κ1) is 16.7. The largest absolute Gasteiger partial charge is 0.289 e. The predicted molar refractivity (Wildman–Crippen MR) is 88.3 cm³/mol. The molecule has 0 bridgehead atoms. The summed E-state index contributed by atoms with van der Waals surface area (Å²) in [6.07, 6.45) is 1.01. The van der Waals surface area contributed by atoms with Crippen LogP contribution in [0.5, 0.6) is 0 Å². The second-order valence-electron chi connectivity index (χ2n) is 4.65. The molecule has 0 heterocycles. The number of benzene rings is 2. The van der Waals surface area contributed by atoms with Gasteiger partial charge in [-0.15, -0.1) is 0 Å². The Kier molecular flexibility index (Phi) is 5.06. The Labute approximate surface area is 139 Å². The van der Waals surface area contributed by atoms with Gasteiger partial charge in [0.05, 0.1) is 9.92 Å². The molecule has 0 aliphatic carbocycles. The van der Waals surface area contributed by atoms with Crippen LogP contribution in [0.1, 0.15) is 15.9 Å². The first-order valence-electron chi connectivity index (χ1n) is 6.29. The Morgan fingerprint density at radius 1 is 1.05 bits per heavy atom. The third-order valence-corrected chi connectivity index (χ3v) is 5.06. The van der Waals surface area contributed by atoms with Crippen molar-refractivity contribution in [1.29, 1.82) is 0 Å². The SMILES string of the molecule is Cc1ccc(C(=O)C=CS(=O)(=O)c2cc(Cl)ccc2Cl)cc1. The lowest BCUT2D eigenvalue weighted by molar-refractivity contribution is 0.104. The van der Waals surface area contributed by atoms with Crippen LogP contribution < -0.4 is 0 Å². The van der Waals surface area contributed by atoms with Gasteiger partial charge in [0.15, 0.2) is 5.78 Å². The van der Waals surface area contributed by atoms with Gasteiger partial charge in [-0.2, -0.15) is 0 Å². The Morgan fingerprint density at radius 3 is 2.32 bits per heavy atom. The first-order valence-corrected chi connectivity index (χ1v) is 8.59. The van der Waals surface area contributed by atoms with E-state index in [0.717, 1.165) is 17.0 Å². The van der Waals surface area contributed by atoms with Gasteiger partial charge >= 0.3 is 0 Å². The van der Waals surface area contributed by atoms with Crippen molar-refractivity contribution in [3.63, 3.8) is 0 Å². The second-order valence-corrected chi connectivity index (χ2v) is 7.30. The maximum absolute atomic E-state index is 12.2. The Bertz CT molecular complexity index is 838. The van der Waals surface area contributed by atoms with Gasteiger partial charge in [-0.3, -0.25) is 4.79 Å². The summed E-state index contributed by atoms with van der Waals surface area (Å²) in [6, 6.07) is 11.0. The number of ketones is 1. The van der Waals surface area contributed by atoms with Crippen molar-refractivity contribution in [3.8, 4) is 0 Å².